The van der Waals surface area contributed by atoms with Crippen molar-refractivity contribution in [3.63, 3.8) is 0 Å². The number of fused-ring (bicyclic) bond motifs is 1. The zero-order valence-corrected chi connectivity index (χ0v) is 18.1. The van der Waals surface area contributed by atoms with Crippen molar-refractivity contribution in [3.05, 3.63) is 70.3 Å². The summed E-state index contributed by atoms with van der Waals surface area (Å²) in [5.74, 6) is -0.284. The zero-order valence-electron chi connectivity index (χ0n) is 18.1. The molecular formula is C23H25F3N4O3. The summed E-state index contributed by atoms with van der Waals surface area (Å²) in [4.78, 5) is 33.9. The van der Waals surface area contributed by atoms with E-state index in [2.05, 4.69) is 20.0 Å². The number of hydrogen-bond acceptors (Lipinski definition) is 5. The molecule has 0 bridgehead atoms. The second-order valence-electron chi connectivity index (χ2n) is 7.53. The summed E-state index contributed by atoms with van der Waals surface area (Å²) in [5, 5.41) is 3.12. The molecule has 10 heteroatoms. The molecule has 176 valence electrons. The molecule has 3 aromatic rings. The van der Waals surface area contributed by atoms with Crippen LogP contribution < -0.4 is 15.6 Å². The minimum atomic E-state index is -4.82. The Morgan fingerprint density at radius 2 is 1.88 bits per heavy atom. The number of unbranched alkanes of at least 4 members (excludes halogenated alkanes) is 1. The Labute approximate surface area is 188 Å². The maximum absolute atomic E-state index is 12.6. The molecule has 0 saturated carbocycles. The SMILES string of the molecule is CCCCN(CC(=O)NCc1ccccc1OC(F)(F)F)Cc1nc2ccccc2c(=O)[nH]1. The van der Waals surface area contributed by atoms with E-state index in [1.165, 1.54) is 18.2 Å². The summed E-state index contributed by atoms with van der Waals surface area (Å²) in [6.07, 6.45) is -3.09. The maximum Gasteiger partial charge on any atom is 0.573 e. The normalized spacial score (nSPS) is 11.7. The molecule has 0 radical (unpaired) electrons. The Morgan fingerprint density at radius 3 is 2.64 bits per heavy atom. The molecule has 33 heavy (non-hydrogen) atoms. The van der Waals surface area contributed by atoms with Crippen molar-refractivity contribution >= 4 is 16.8 Å². The van der Waals surface area contributed by atoms with Crippen LogP contribution in [0.15, 0.2) is 53.3 Å². The van der Waals surface area contributed by atoms with E-state index in [9.17, 15) is 22.8 Å². The summed E-state index contributed by atoms with van der Waals surface area (Å²) < 4.78 is 41.8. The minimum Gasteiger partial charge on any atom is -0.405 e. The van der Waals surface area contributed by atoms with E-state index < -0.39 is 6.36 Å². The Balaban J connectivity index is 1.66. The van der Waals surface area contributed by atoms with E-state index in [-0.39, 0.29) is 42.4 Å². The van der Waals surface area contributed by atoms with Gasteiger partial charge in [-0.2, -0.15) is 0 Å². The van der Waals surface area contributed by atoms with Crippen LogP contribution >= 0.6 is 0 Å². The summed E-state index contributed by atoms with van der Waals surface area (Å²) in [6.45, 7) is 2.75. The highest BCUT2D eigenvalue weighted by atomic mass is 19.4. The van der Waals surface area contributed by atoms with E-state index in [1.54, 1.807) is 30.3 Å². The summed E-state index contributed by atoms with van der Waals surface area (Å²) in [6, 6.07) is 12.6. The molecule has 0 aliphatic carbocycles. The number of aromatic amines is 1. The number of nitrogens with zero attached hydrogens (tertiary/aromatic N) is 2. The number of H-pyrrole nitrogens is 1. The van der Waals surface area contributed by atoms with Crippen molar-refractivity contribution in [1.29, 1.82) is 0 Å². The average Bonchev–Trinajstić information content (AvgIpc) is 2.76. The van der Waals surface area contributed by atoms with Crippen molar-refractivity contribution in [2.75, 3.05) is 13.1 Å². The fourth-order valence-electron chi connectivity index (χ4n) is 3.34. The number of amides is 1. The number of carbonyl (C=O) groups is 1. The van der Waals surface area contributed by atoms with E-state index in [1.807, 2.05) is 11.8 Å². The number of carbonyl (C=O) groups excluding carboxylic acids is 1. The Kier molecular flexibility index (Phi) is 8.05. The molecule has 1 aromatic heterocycles. The van der Waals surface area contributed by atoms with Crippen LogP contribution in [0.2, 0.25) is 0 Å². The lowest BCUT2D eigenvalue weighted by molar-refractivity contribution is -0.274. The van der Waals surface area contributed by atoms with E-state index in [0.717, 1.165) is 12.8 Å². The second-order valence-corrected chi connectivity index (χ2v) is 7.53. The Bertz CT molecular complexity index is 1150. The molecule has 0 unspecified atom stereocenters. The van der Waals surface area contributed by atoms with Gasteiger partial charge in [-0.1, -0.05) is 43.7 Å². The van der Waals surface area contributed by atoms with E-state index >= 15 is 0 Å². The van der Waals surface area contributed by atoms with Gasteiger partial charge >= 0.3 is 6.36 Å². The summed E-state index contributed by atoms with van der Waals surface area (Å²) >= 11 is 0. The smallest absolute Gasteiger partial charge is 0.405 e. The molecule has 2 N–H and O–H groups in total. The topological polar surface area (TPSA) is 87.3 Å². The van der Waals surface area contributed by atoms with Gasteiger partial charge < -0.3 is 15.0 Å². The number of halogens is 3. The van der Waals surface area contributed by atoms with Crippen molar-refractivity contribution in [3.8, 4) is 5.75 Å². The highest BCUT2D eigenvalue weighted by Gasteiger charge is 2.32. The van der Waals surface area contributed by atoms with Gasteiger partial charge in [-0.05, 0) is 31.2 Å². The molecular weight excluding hydrogens is 437 g/mol. The monoisotopic (exact) mass is 462 g/mol. The largest absolute Gasteiger partial charge is 0.573 e. The third kappa shape index (κ3) is 7.31. The molecule has 3 rings (SSSR count). The van der Waals surface area contributed by atoms with Crippen molar-refractivity contribution in [2.45, 2.75) is 39.2 Å². The Hall–Kier alpha value is -3.40. The standard InChI is InChI=1S/C23H25F3N4O3/c1-2-3-12-30(14-20-28-18-10-6-5-9-17(18)22(32)29-20)15-21(31)27-13-16-8-4-7-11-19(16)33-23(24,25)26/h4-11H,2-3,12-15H2,1H3,(H,27,31)(H,28,29,32). The zero-order chi connectivity index (χ0) is 23.8. The molecule has 7 nitrogen and oxygen atoms in total. The third-order valence-electron chi connectivity index (χ3n) is 4.90. The van der Waals surface area contributed by atoms with Crippen molar-refractivity contribution < 1.29 is 22.7 Å². The number of ether oxygens (including phenoxy) is 1. The van der Waals surface area contributed by atoms with Gasteiger partial charge in [0.1, 0.15) is 11.6 Å². The van der Waals surface area contributed by atoms with Crippen molar-refractivity contribution in [2.24, 2.45) is 0 Å². The quantitative estimate of drug-likeness (QED) is 0.479. The number of benzene rings is 2. The van der Waals surface area contributed by atoms with Gasteiger partial charge in [-0.25, -0.2) is 4.98 Å². The average molecular weight is 462 g/mol. The first-order chi connectivity index (χ1) is 15.7. The van der Waals surface area contributed by atoms with Crippen LogP contribution in [0.4, 0.5) is 13.2 Å². The number of para-hydroxylation sites is 2. The molecule has 0 atom stereocenters. The molecule has 0 aliphatic rings. The number of rotatable bonds is 10. The molecule has 0 fully saturated rings. The number of aromatic nitrogens is 2. The Morgan fingerprint density at radius 1 is 1.15 bits per heavy atom. The highest BCUT2D eigenvalue weighted by molar-refractivity contribution is 5.78. The van der Waals surface area contributed by atoms with Crippen LogP contribution in [0.1, 0.15) is 31.2 Å². The van der Waals surface area contributed by atoms with Gasteiger partial charge in [-0.15, -0.1) is 13.2 Å². The minimum absolute atomic E-state index is 0.00116. The maximum atomic E-state index is 12.6. The molecule has 1 amide bonds. The predicted molar refractivity (Wildman–Crippen MR) is 118 cm³/mol. The third-order valence-corrected chi connectivity index (χ3v) is 4.90. The molecule has 1 heterocycles. The number of alkyl halides is 3. The van der Waals surface area contributed by atoms with Crippen LogP contribution in [0.3, 0.4) is 0 Å². The second kappa shape index (κ2) is 11.0. The van der Waals surface area contributed by atoms with Gasteiger partial charge in [-0.3, -0.25) is 14.5 Å². The molecule has 2 aromatic carbocycles. The van der Waals surface area contributed by atoms with E-state index in [4.69, 9.17) is 0 Å². The van der Waals surface area contributed by atoms with Crippen LogP contribution in [0, 0.1) is 0 Å². The fourth-order valence-corrected chi connectivity index (χ4v) is 3.34. The number of hydrogen-bond donors (Lipinski definition) is 2. The van der Waals surface area contributed by atoms with Crippen LogP contribution in [-0.2, 0) is 17.9 Å². The first kappa shape index (κ1) is 24.2. The summed E-state index contributed by atoms with van der Waals surface area (Å²) in [7, 11) is 0. The van der Waals surface area contributed by atoms with Crippen molar-refractivity contribution in [1.82, 2.24) is 20.2 Å². The number of nitrogens with one attached hydrogen (secondary N) is 2. The van der Waals surface area contributed by atoms with Crippen LogP contribution in [0.25, 0.3) is 10.9 Å². The fraction of sp³-hybridized carbons (Fsp3) is 0.348. The molecule has 0 aliphatic heterocycles. The van der Waals surface area contributed by atoms with Gasteiger partial charge in [0.05, 0.1) is 24.0 Å². The predicted octanol–water partition coefficient (Wildman–Crippen LogP) is 3.74. The molecule has 0 spiro atoms. The van der Waals surface area contributed by atoms with Crippen LogP contribution in [0.5, 0.6) is 5.75 Å². The lowest BCUT2D eigenvalue weighted by Gasteiger charge is -2.21. The van der Waals surface area contributed by atoms with Crippen LogP contribution in [-0.4, -0.2) is 40.2 Å². The van der Waals surface area contributed by atoms with Gasteiger partial charge in [0.2, 0.25) is 5.91 Å². The lowest BCUT2D eigenvalue weighted by atomic mass is 10.2. The highest BCUT2D eigenvalue weighted by Crippen LogP contribution is 2.26. The van der Waals surface area contributed by atoms with Gasteiger partial charge in [0.25, 0.3) is 5.56 Å². The van der Waals surface area contributed by atoms with E-state index in [0.29, 0.717) is 23.3 Å². The first-order valence-electron chi connectivity index (χ1n) is 10.6. The van der Waals surface area contributed by atoms with Gasteiger partial charge in [0.15, 0.2) is 0 Å². The first-order valence-corrected chi connectivity index (χ1v) is 10.6. The lowest BCUT2D eigenvalue weighted by Crippen LogP contribution is -2.38. The van der Waals surface area contributed by atoms with Gasteiger partial charge in [0, 0.05) is 12.1 Å². The summed E-state index contributed by atoms with van der Waals surface area (Å²) in [5.41, 5.74) is 0.526. The molecule has 0 saturated heterocycles.